The van der Waals surface area contributed by atoms with Crippen molar-refractivity contribution in [2.75, 3.05) is 12.0 Å². The Balaban J connectivity index is 1.66. The molecule has 166 valence electrons. The Labute approximate surface area is 186 Å². The summed E-state index contributed by atoms with van der Waals surface area (Å²) in [6, 6.07) is 8.23. The maximum atomic E-state index is 12.6. The fourth-order valence-electron chi connectivity index (χ4n) is 4.31. The zero-order valence-electron chi connectivity index (χ0n) is 18.3. The van der Waals surface area contributed by atoms with E-state index in [-0.39, 0.29) is 12.1 Å². The Morgan fingerprint density at radius 2 is 2.09 bits per heavy atom. The van der Waals surface area contributed by atoms with E-state index in [1.165, 1.54) is 7.11 Å². The number of anilines is 1. The molecule has 1 aromatic carbocycles. The number of amides is 1. The Morgan fingerprint density at radius 3 is 2.84 bits per heavy atom. The number of ether oxygens (including phenoxy) is 2. The molecule has 1 atom stereocenters. The predicted octanol–water partition coefficient (Wildman–Crippen LogP) is 4.44. The molecule has 1 aliphatic heterocycles. The minimum Gasteiger partial charge on any atom is -0.452 e. The SMILES string of the molecule is COC(=O)N1c2ccc(-c3cnn(C4CC4)c3)c(Oc3ncccc3CN)c2CC[C@@H]1C. The standard InChI is InChI=1S/C24H27N5O3/c1-15-5-8-20-21(29(15)24(30)31-2)10-9-19(17-13-27-28(14-17)18-6-7-18)22(20)32-23-16(12-25)4-3-11-26-23/h3-4,9-11,13-15,18H,5-8,12,25H2,1-2H3/t15-/m0/s1. The highest BCUT2D eigenvalue weighted by Crippen LogP contribution is 2.45. The summed E-state index contributed by atoms with van der Waals surface area (Å²) in [5, 5.41) is 4.56. The largest absolute Gasteiger partial charge is 0.452 e. The number of nitrogens with zero attached hydrogens (tertiary/aromatic N) is 4. The first-order valence-electron chi connectivity index (χ1n) is 11.0. The molecule has 5 rings (SSSR count). The van der Waals surface area contributed by atoms with E-state index in [4.69, 9.17) is 15.2 Å². The van der Waals surface area contributed by atoms with Gasteiger partial charge in [-0.2, -0.15) is 5.10 Å². The number of benzene rings is 1. The first-order valence-corrected chi connectivity index (χ1v) is 11.0. The van der Waals surface area contributed by atoms with Crippen LogP contribution in [-0.2, 0) is 17.7 Å². The van der Waals surface area contributed by atoms with Gasteiger partial charge in [-0.1, -0.05) is 6.07 Å². The van der Waals surface area contributed by atoms with E-state index < -0.39 is 0 Å². The second-order valence-electron chi connectivity index (χ2n) is 8.38. The zero-order valence-corrected chi connectivity index (χ0v) is 18.3. The van der Waals surface area contributed by atoms with Crippen molar-refractivity contribution in [2.24, 2.45) is 5.73 Å². The molecular formula is C24H27N5O3. The molecule has 1 amide bonds. The van der Waals surface area contributed by atoms with Crippen molar-refractivity contribution < 1.29 is 14.3 Å². The second kappa shape index (κ2) is 8.27. The highest BCUT2D eigenvalue weighted by Gasteiger charge is 2.33. The van der Waals surface area contributed by atoms with Crippen molar-refractivity contribution in [1.29, 1.82) is 0 Å². The molecule has 8 nitrogen and oxygen atoms in total. The Morgan fingerprint density at radius 1 is 1.25 bits per heavy atom. The number of hydrogen-bond acceptors (Lipinski definition) is 6. The van der Waals surface area contributed by atoms with E-state index in [0.29, 0.717) is 24.2 Å². The number of rotatable bonds is 5. The van der Waals surface area contributed by atoms with Crippen LogP contribution in [-0.4, -0.2) is 34.0 Å². The van der Waals surface area contributed by atoms with Crippen LogP contribution < -0.4 is 15.4 Å². The smallest absolute Gasteiger partial charge is 0.414 e. The number of nitrogens with two attached hydrogens (primary N) is 1. The first-order chi connectivity index (χ1) is 15.6. The number of fused-ring (bicyclic) bond motifs is 1. The number of hydrogen-bond donors (Lipinski definition) is 1. The topological polar surface area (TPSA) is 95.5 Å². The third-order valence-electron chi connectivity index (χ3n) is 6.22. The van der Waals surface area contributed by atoms with E-state index >= 15 is 0 Å². The Bertz CT molecular complexity index is 1150. The summed E-state index contributed by atoms with van der Waals surface area (Å²) in [5.74, 6) is 1.16. The highest BCUT2D eigenvalue weighted by molar-refractivity contribution is 5.92. The van der Waals surface area contributed by atoms with Crippen LogP contribution in [0.4, 0.5) is 10.5 Å². The lowest BCUT2D eigenvalue weighted by Gasteiger charge is -2.35. The summed E-state index contributed by atoms with van der Waals surface area (Å²) in [6.07, 6.45) is 9.15. The van der Waals surface area contributed by atoms with Crippen LogP contribution in [0.25, 0.3) is 11.1 Å². The van der Waals surface area contributed by atoms with Gasteiger partial charge in [0.05, 0.1) is 25.0 Å². The lowest BCUT2D eigenvalue weighted by Crippen LogP contribution is -2.42. The van der Waals surface area contributed by atoms with Crippen LogP contribution in [0.5, 0.6) is 11.6 Å². The lowest BCUT2D eigenvalue weighted by molar-refractivity contribution is 0.175. The molecule has 0 bridgehead atoms. The van der Waals surface area contributed by atoms with Gasteiger partial charge in [0.15, 0.2) is 0 Å². The minimum absolute atomic E-state index is 0.0284. The van der Waals surface area contributed by atoms with E-state index in [1.807, 2.05) is 42.1 Å². The average molecular weight is 434 g/mol. The lowest BCUT2D eigenvalue weighted by atomic mass is 9.92. The van der Waals surface area contributed by atoms with Crippen molar-refractivity contribution >= 4 is 11.8 Å². The van der Waals surface area contributed by atoms with Crippen molar-refractivity contribution in [2.45, 2.75) is 51.2 Å². The molecule has 0 saturated heterocycles. The summed E-state index contributed by atoms with van der Waals surface area (Å²) in [7, 11) is 1.41. The van der Waals surface area contributed by atoms with Gasteiger partial charge in [0, 0.05) is 47.2 Å². The first kappa shape index (κ1) is 20.5. The zero-order chi connectivity index (χ0) is 22.2. The van der Waals surface area contributed by atoms with Crippen molar-refractivity contribution in [3.63, 3.8) is 0 Å². The molecule has 32 heavy (non-hydrogen) atoms. The number of methoxy groups -OCH3 is 1. The maximum absolute atomic E-state index is 12.6. The molecule has 3 heterocycles. The van der Waals surface area contributed by atoms with Crippen LogP contribution >= 0.6 is 0 Å². The third kappa shape index (κ3) is 3.60. The van der Waals surface area contributed by atoms with Crippen molar-refractivity contribution in [3.8, 4) is 22.8 Å². The van der Waals surface area contributed by atoms with Gasteiger partial charge in [-0.05, 0) is 50.8 Å². The molecule has 1 saturated carbocycles. The molecule has 2 aromatic heterocycles. The molecular weight excluding hydrogens is 406 g/mol. The van der Waals surface area contributed by atoms with Crippen molar-refractivity contribution in [3.05, 3.63) is 54.0 Å². The second-order valence-corrected chi connectivity index (χ2v) is 8.38. The molecule has 1 fully saturated rings. The molecule has 2 N–H and O–H groups in total. The van der Waals surface area contributed by atoms with Crippen LogP contribution in [0.15, 0.2) is 42.9 Å². The van der Waals surface area contributed by atoms with E-state index in [1.54, 1.807) is 11.1 Å². The van der Waals surface area contributed by atoms with Crippen molar-refractivity contribution in [1.82, 2.24) is 14.8 Å². The fourth-order valence-corrected chi connectivity index (χ4v) is 4.31. The molecule has 0 radical (unpaired) electrons. The summed E-state index contributed by atoms with van der Waals surface area (Å²) in [6.45, 7) is 2.34. The van der Waals surface area contributed by atoms with Gasteiger partial charge in [0.25, 0.3) is 0 Å². The molecule has 1 aliphatic carbocycles. The van der Waals surface area contributed by atoms with Crippen LogP contribution in [0.3, 0.4) is 0 Å². The monoisotopic (exact) mass is 433 g/mol. The summed E-state index contributed by atoms with van der Waals surface area (Å²) in [4.78, 5) is 18.7. The molecule has 2 aliphatic rings. The van der Waals surface area contributed by atoms with Crippen LogP contribution in [0, 0.1) is 0 Å². The van der Waals surface area contributed by atoms with E-state index in [9.17, 15) is 4.79 Å². The maximum Gasteiger partial charge on any atom is 0.414 e. The highest BCUT2D eigenvalue weighted by atomic mass is 16.5. The third-order valence-corrected chi connectivity index (χ3v) is 6.22. The number of aromatic nitrogens is 3. The van der Waals surface area contributed by atoms with Crippen LogP contribution in [0.2, 0.25) is 0 Å². The molecule has 3 aromatic rings. The number of carbonyl (C=O) groups excluding carboxylic acids is 1. The molecule has 0 spiro atoms. The summed E-state index contributed by atoms with van der Waals surface area (Å²) in [5.41, 5.74) is 10.4. The fraction of sp³-hybridized carbons (Fsp3) is 0.375. The van der Waals surface area contributed by atoms with E-state index in [0.717, 1.165) is 53.6 Å². The van der Waals surface area contributed by atoms with Gasteiger partial charge in [0.1, 0.15) is 5.75 Å². The minimum atomic E-state index is -0.376. The normalized spacial score (nSPS) is 17.7. The number of carbonyl (C=O) groups is 1. The Kier molecular flexibility index (Phi) is 5.30. The van der Waals surface area contributed by atoms with Gasteiger partial charge in [0.2, 0.25) is 5.88 Å². The quantitative estimate of drug-likeness (QED) is 0.639. The summed E-state index contributed by atoms with van der Waals surface area (Å²) >= 11 is 0. The average Bonchev–Trinajstić information content (AvgIpc) is 3.56. The van der Waals surface area contributed by atoms with Gasteiger partial charge in [-0.3, -0.25) is 9.58 Å². The molecule has 8 heteroatoms. The summed E-state index contributed by atoms with van der Waals surface area (Å²) < 4.78 is 13.5. The number of pyridine rings is 1. The van der Waals surface area contributed by atoms with E-state index in [2.05, 4.69) is 16.3 Å². The molecule has 0 unspecified atom stereocenters. The van der Waals surface area contributed by atoms with Gasteiger partial charge in [-0.15, -0.1) is 0 Å². The van der Waals surface area contributed by atoms with Gasteiger partial charge in [-0.25, -0.2) is 9.78 Å². The Hall–Kier alpha value is -3.39. The predicted molar refractivity (Wildman–Crippen MR) is 121 cm³/mol. The van der Waals surface area contributed by atoms with Gasteiger partial charge < -0.3 is 15.2 Å². The van der Waals surface area contributed by atoms with Crippen LogP contribution in [0.1, 0.15) is 43.4 Å². The van der Waals surface area contributed by atoms with Gasteiger partial charge >= 0.3 is 6.09 Å².